The average Bonchev–Trinajstić information content (AvgIpc) is 2.25. The minimum atomic E-state index is -1.36. The van der Waals surface area contributed by atoms with Crippen LogP contribution in [0.5, 0.6) is 0 Å². The van der Waals surface area contributed by atoms with E-state index in [9.17, 15) is 5.11 Å². The van der Waals surface area contributed by atoms with Crippen LogP contribution in [0, 0.1) is 22.9 Å². The Morgan fingerprint density at radius 1 is 0.810 bits per heavy atom. The van der Waals surface area contributed by atoms with Gasteiger partial charge in [0.25, 0.3) is 0 Å². The summed E-state index contributed by atoms with van der Waals surface area (Å²) in [6.07, 6.45) is 5.38. The zero-order chi connectivity index (χ0) is 16.6. The summed E-state index contributed by atoms with van der Waals surface area (Å²) in [5, 5.41) is 10.9. The lowest BCUT2D eigenvalue weighted by Gasteiger charge is -2.24. The number of hydrogen-bond donors (Lipinski definition) is 1. The lowest BCUT2D eigenvalue weighted by atomic mass is 9.90. The van der Waals surface area contributed by atoms with Gasteiger partial charge in [-0.2, -0.15) is 0 Å². The highest BCUT2D eigenvalue weighted by molar-refractivity contribution is 6.84. The SMILES string of the molecule is CCCCCC(O)(CC#C[Si](C)(C)C)CC#C[Si](C)(C)C. The first-order valence-corrected chi connectivity index (χ1v) is 15.2. The quantitative estimate of drug-likeness (QED) is 0.421. The maximum atomic E-state index is 10.9. The van der Waals surface area contributed by atoms with Gasteiger partial charge in [-0.25, -0.2) is 0 Å². The summed E-state index contributed by atoms with van der Waals surface area (Å²) in [7, 11) is -2.72. The molecular weight excluding hydrogens is 288 g/mol. The Morgan fingerprint density at radius 3 is 1.57 bits per heavy atom. The number of rotatable bonds is 6. The second-order valence-electron chi connectivity index (χ2n) is 8.14. The van der Waals surface area contributed by atoms with Crippen molar-refractivity contribution in [1.82, 2.24) is 0 Å². The first kappa shape index (κ1) is 20.5. The molecule has 0 rings (SSSR count). The van der Waals surface area contributed by atoms with E-state index in [0.29, 0.717) is 12.8 Å². The molecule has 0 fully saturated rings. The van der Waals surface area contributed by atoms with Crippen LogP contribution in [0.15, 0.2) is 0 Å². The third-order valence-corrected chi connectivity index (χ3v) is 4.86. The van der Waals surface area contributed by atoms with E-state index in [0.717, 1.165) is 12.8 Å². The molecular formula is C18H34OSi2. The Balaban J connectivity index is 4.81. The summed E-state index contributed by atoms with van der Waals surface area (Å²) in [5.41, 5.74) is 6.01. The lowest BCUT2D eigenvalue weighted by molar-refractivity contribution is 0.0391. The minimum Gasteiger partial charge on any atom is -0.388 e. The van der Waals surface area contributed by atoms with Gasteiger partial charge in [0.15, 0.2) is 0 Å². The van der Waals surface area contributed by atoms with E-state index >= 15 is 0 Å². The highest BCUT2D eigenvalue weighted by atomic mass is 28.3. The molecule has 0 radical (unpaired) electrons. The third kappa shape index (κ3) is 12.9. The van der Waals surface area contributed by atoms with E-state index in [-0.39, 0.29) is 0 Å². The molecule has 1 N–H and O–H groups in total. The Hall–Kier alpha value is -0.486. The van der Waals surface area contributed by atoms with Gasteiger partial charge in [0, 0.05) is 12.8 Å². The third-order valence-electron chi connectivity index (χ3n) is 3.01. The van der Waals surface area contributed by atoms with Gasteiger partial charge in [-0.1, -0.05) is 65.5 Å². The van der Waals surface area contributed by atoms with Crippen LogP contribution in [0.3, 0.4) is 0 Å². The molecule has 0 saturated heterocycles. The van der Waals surface area contributed by atoms with E-state index in [2.05, 4.69) is 69.1 Å². The fraction of sp³-hybridized carbons (Fsp3) is 0.778. The zero-order valence-corrected chi connectivity index (χ0v) is 17.2. The van der Waals surface area contributed by atoms with Crippen molar-refractivity contribution in [2.75, 3.05) is 0 Å². The van der Waals surface area contributed by atoms with Gasteiger partial charge in [-0.05, 0) is 6.42 Å². The van der Waals surface area contributed by atoms with Crippen molar-refractivity contribution >= 4 is 16.1 Å². The van der Waals surface area contributed by atoms with E-state index in [4.69, 9.17) is 0 Å². The second-order valence-corrected chi connectivity index (χ2v) is 17.6. The molecule has 0 aliphatic heterocycles. The standard InChI is InChI=1S/C18H34OSi2/c1-8-9-10-13-18(19,14-11-16-20(2,3)4)15-12-17-21(5,6)7/h19H,8-10,13-15H2,1-7H3. The van der Waals surface area contributed by atoms with E-state index in [1.54, 1.807) is 0 Å². The van der Waals surface area contributed by atoms with Crippen molar-refractivity contribution in [2.45, 2.75) is 90.3 Å². The predicted octanol–water partition coefficient (Wildman–Crippen LogP) is 4.84. The molecule has 3 heteroatoms. The molecule has 0 aromatic heterocycles. The minimum absolute atomic E-state index is 0.571. The van der Waals surface area contributed by atoms with Crippen molar-refractivity contribution in [3.05, 3.63) is 0 Å². The highest BCUT2D eigenvalue weighted by Crippen LogP contribution is 2.23. The van der Waals surface area contributed by atoms with Crippen molar-refractivity contribution in [3.8, 4) is 22.9 Å². The van der Waals surface area contributed by atoms with E-state index in [1.807, 2.05) is 0 Å². The van der Waals surface area contributed by atoms with E-state index < -0.39 is 21.7 Å². The maximum Gasteiger partial charge on any atom is 0.129 e. The molecule has 120 valence electrons. The monoisotopic (exact) mass is 322 g/mol. The molecule has 0 aliphatic rings. The normalized spacial score (nSPS) is 12.2. The number of aliphatic hydroxyl groups is 1. The second kappa shape index (κ2) is 8.84. The van der Waals surface area contributed by atoms with Crippen LogP contribution >= 0.6 is 0 Å². The van der Waals surface area contributed by atoms with Crippen molar-refractivity contribution in [3.63, 3.8) is 0 Å². The first-order valence-electron chi connectivity index (χ1n) is 8.20. The Kier molecular flexibility index (Phi) is 8.63. The van der Waals surface area contributed by atoms with Crippen molar-refractivity contribution in [1.29, 1.82) is 0 Å². The van der Waals surface area contributed by atoms with Gasteiger partial charge >= 0.3 is 0 Å². The first-order chi connectivity index (χ1) is 9.47. The molecule has 0 unspecified atom stereocenters. The Morgan fingerprint density at radius 2 is 1.24 bits per heavy atom. The summed E-state index contributed by atoms with van der Waals surface area (Å²) >= 11 is 0. The average molecular weight is 323 g/mol. The number of unbranched alkanes of at least 4 members (excludes halogenated alkanes) is 2. The summed E-state index contributed by atoms with van der Waals surface area (Å²) in [6.45, 7) is 15.6. The fourth-order valence-electron chi connectivity index (χ4n) is 1.89. The van der Waals surface area contributed by atoms with Gasteiger partial charge in [-0.3, -0.25) is 0 Å². The largest absolute Gasteiger partial charge is 0.388 e. The summed E-state index contributed by atoms with van der Waals surface area (Å²) in [5.74, 6) is 6.49. The Bertz CT molecular complexity index is 385. The smallest absolute Gasteiger partial charge is 0.129 e. The molecule has 0 aromatic carbocycles. The van der Waals surface area contributed by atoms with Gasteiger partial charge in [0.1, 0.15) is 16.1 Å². The van der Waals surface area contributed by atoms with Crippen LogP contribution in [0.2, 0.25) is 39.3 Å². The highest BCUT2D eigenvalue weighted by Gasteiger charge is 2.24. The maximum absolute atomic E-state index is 10.9. The molecule has 0 amide bonds. The van der Waals surface area contributed by atoms with Crippen LogP contribution < -0.4 is 0 Å². The molecule has 0 aliphatic carbocycles. The Labute approximate surface area is 134 Å². The molecule has 0 bridgehead atoms. The van der Waals surface area contributed by atoms with Crippen LogP contribution in [-0.2, 0) is 0 Å². The van der Waals surface area contributed by atoms with Gasteiger partial charge < -0.3 is 5.11 Å². The van der Waals surface area contributed by atoms with Crippen LogP contribution in [0.1, 0.15) is 45.4 Å². The summed E-state index contributed by atoms with van der Waals surface area (Å²) in [4.78, 5) is 0. The van der Waals surface area contributed by atoms with Gasteiger partial charge in [-0.15, -0.1) is 22.9 Å². The van der Waals surface area contributed by atoms with Crippen LogP contribution in [0.25, 0.3) is 0 Å². The number of hydrogen-bond acceptors (Lipinski definition) is 1. The molecule has 0 atom stereocenters. The molecule has 21 heavy (non-hydrogen) atoms. The predicted molar refractivity (Wildman–Crippen MR) is 101 cm³/mol. The van der Waals surface area contributed by atoms with Gasteiger partial charge in [0.2, 0.25) is 0 Å². The molecule has 0 heterocycles. The van der Waals surface area contributed by atoms with Gasteiger partial charge in [0.05, 0.1) is 5.60 Å². The molecule has 1 nitrogen and oxygen atoms in total. The van der Waals surface area contributed by atoms with Crippen molar-refractivity contribution in [2.24, 2.45) is 0 Å². The molecule has 0 aromatic rings. The van der Waals surface area contributed by atoms with Crippen LogP contribution in [-0.4, -0.2) is 26.9 Å². The topological polar surface area (TPSA) is 20.2 Å². The molecule has 0 spiro atoms. The molecule has 0 saturated carbocycles. The summed E-state index contributed by atoms with van der Waals surface area (Å²) in [6, 6.07) is 0. The van der Waals surface area contributed by atoms with Crippen LogP contribution in [0.4, 0.5) is 0 Å². The lowest BCUT2D eigenvalue weighted by Crippen LogP contribution is -2.28. The zero-order valence-electron chi connectivity index (χ0n) is 15.2. The van der Waals surface area contributed by atoms with E-state index in [1.165, 1.54) is 12.8 Å². The fourth-order valence-corrected chi connectivity index (χ4v) is 3.13. The summed E-state index contributed by atoms with van der Waals surface area (Å²) < 4.78 is 0. The van der Waals surface area contributed by atoms with Crippen molar-refractivity contribution < 1.29 is 5.11 Å².